The van der Waals surface area contributed by atoms with E-state index in [2.05, 4.69) is 12.1 Å². The van der Waals surface area contributed by atoms with Crippen molar-refractivity contribution in [2.24, 2.45) is 4.99 Å². The summed E-state index contributed by atoms with van der Waals surface area (Å²) in [7, 11) is 1.48. The second kappa shape index (κ2) is 10.1. The van der Waals surface area contributed by atoms with Gasteiger partial charge in [0.25, 0.3) is 11.2 Å². The number of fused-ring (bicyclic) bond motifs is 3. The molecule has 208 valence electrons. The van der Waals surface area contributed by atoms with Gasteiger partial charge in [-0.2, -0.15) is 0 Å². The first-order valence-electron chi connectivity index (χ1n) is 13.2. The number of thiazole rings is 1. The van der Waals surface area contributed by atoms with Crippen LogP contribution in [0.3, 0.4) is 0 Å². The summed E-state index contributed by atoms with van der Waals surface area (Å²) in [6, 6.07) is 21.6. The minimum Gasteiger partial charge on any atom is -0.496 e. The molecule has 0 saturated heterocycles. The predicted octanol–water partition coefficient (Wildman–Crippen LogP) is 5.63. The lowest BCUT2D eigenvalue weighted by Crippen LogP contribution is -2.38. The summed E-state index contributed by atoms with van der Waals surface area (Å²) in [5.74, 6) is 0.844. The van der Waals surface area contributed by atoms with Crippen molar-refractivity contribution >= 4 is 28.8 Å². The summed E-state index contributed by atoms with van der Waals surface area (Å²) in [5.41, 5.74) is 5.04. The van der Waals surface area contributed by atoms with Crippen molar-refractivity contribution in [3.63, 3.8) is 0 Å². The van der Waals surface area contributed by atoms with Crippen LogP contribution in [0.4, 0.5) is 10.1 Å². The number of furan rings is 1. The Morgan fingerprint density at radius 2 is 1.88 bits per heavy atom. The molecule has 0 unspecified atom stereocenters. The van der Waals surface area contributed by atoms with Crippen molar-refractivity contribution in [1.29, 1.82) is 0 Å². The zero-order valence-corrected chi connectivity index (χ0v) is 23.1. The van der Waals surface area contributed by atoms with Crippen LogP contribution in [0.2, 0.25) is 0 Å². The first kappa shape index (κ1) is 25.8. The normalized spacial score (nSPS) is 16.0. The second-order valence-corrected chi connectivity index (χ2v) is 11.0. The molecular weight excluding hydrogens is 557 g/mol. The Labute approximate surface area is 242 Å². The molecule has 2 aromatic heterocycles. The lowest BCUT2D eigenvalue weighted by atomic mass is 9.83. The van der Waals surface area contributed by atoms with Crippen molar-refractivity contribution in [3.8, 4) is 17.1 Å². The number of nitro benzene ring substituents is 1. The predicted molar refractivity (Wildman–Crippen MR) is 156 cm³/mol. The van der Waals surface area contributed by atoms with Gasteiger partial charge in [-0.05, 0) is 59.9 Å². The molecule has 1 aliphatic heterocycles. The van der Waals surface area contributed by atoms with Crippen molar-refractivity contribution in [2.45, 2.75) is 18.9 Å². The van der Waals surface area contributed by atoms with E-state index in [1.807, 2.05) is 12.1 Å². The summed E-state index contributed by atoms with van der Waals surface area (Å²) in [5, 5.41) is 11.3. The molecule has 0 amide bonds. The maximum Gasteiger partial charge on any atom is 0.271 e. The Bertz CT molecular complexity index is 2110. The third-order valence-corrected chi connectivity index (χ3v) is 8.60. The Hall–Kier alpha value is -5.09. The first-order chi connectivity index (χ1) is 20.4. The van der Waals surface area contributed by atoms with Gasteiger partial charge in [0.2, 0.25) is 0 Å². The minimum atomic E-state index is -0.483. The molecule has 42 heavy (non-hydrogen) atoms. The fraction of sp³-hybridized carbons (Fsp3) is 0.125. The van der Waals surface area contributed by atoms with Crippen LogP contribution >= 0.6 is 11.3 Å². The van der Waals surface area contributed by atoms with Crippen molar-refractivity contribution in [3.05, 3.63) is 143 Å². The molecule has 0 spiro atoms. The SMILES string of the molecule is COc1ccc([N+](=O)[O-])cc1-c1ccc(/C=c2/sc3n(c2=O)[C@H](c2ccc(F)cc2)C2=C(N=3)c3ccccc3CC2)o1. The molecule has 10 heteroatoms. The van der Waals surface area contributed by atoms with Crippen LogP contribution in [-0.2, 0) is 6.42 Å². The van der Waals surface area contributed by atoms with Gasteiger partial charge in [-0.25, -0.2) is 9.38 Å². The number of ether oxygens (including phenoxy) is 1. The van der Waals surface area contributed by atoms with Gasteiger partial charge in [-0.15, -0.1) is 0 Å². The smallest absolute Gasteiger partial charge is 0.271 e. The summed E-state index contributed by atoms with van der Waals surface area (Å²) < 4.78 is 27.4. The van der Waals surface area contributed by atoms with Gasteiger partial charge in [-0.3, -0.25) is 19.5 Å². The van der Waals surface area contributed by atoms with Crippen molar-refractivity contribution in [2.75, 3.05) is 7.11 Å². The third kappa shape index (κ3) is 4.27. The number of nitro groups is 1. The van der Waals surface area contributed by atoms with E-state index in [9.17, 15) is 19.3 Å². The molecule has 5 aromatic rings. The largest absolute Gasteiger partial charge is 0.496 e. The Morgan fingerprint density at radius 1 is 1.07 bits per heavy atom. The van der Waals surface area contributed by atoms with E-state index in [0.29, 0.717) is 32.2 Å². The van der Waals surface area contributed by atoms with Crippen LogP contribution < -0.4 is 19.6 Å². The first-order valence-corrected chi connectivity index (χ1v) is 14.0. The molecule has 3 aromatic carbocycles. The standard InChI is InChI=1S/C32H22FN3O5S/c1-40-26-14-11-21(36(38)39)16-25(26)27-15-12-22(41-27)17-28-31(37)35-30(19-6-9-20(33)10-7-19)24-13-8-18-4-2-3-5-23(18)29(24)34-32(35)42-28/h2-7,9-12,14-17,30H,8,13H2,1H3/b28-17+/t30-/m1/s1. The van der Waals surface area contributed by atoms with Gasteiger partial charge < -0.3 is 9.15 Å². The molecule has 1 aliphatic carbocycles. The molecule has 3 heterocycles. The van der Waals surface area contributed by atoms with Crippen LogP contribution in [-0.4, -0.2) is 16.6 Å². The van der Waals surface area contributed by atoms with Gasteiger partial charge in [-0.1, -0.05) is 47.7 Å². The van der Waals surface area contributed by atoms with Crippen LogP contribution in [0.25, 0.3) is 23.1 Å². The number of benzene rings is 3. The zero-order valence-electron chi connectivity index (χ0n) is 22.2. The highest BCUT2D eigenvalue weighted by atomic mass is 32.1. The van der Waals surface area contributed by atoms with Crippen molar-refractivity contribution in [1.82, 2.24) is 4.57 Å². The van der Waals surface area contributed by atoms with Gasteiger partial charge in [0.1, 0.15) is 23.1 Å². The highest BCUT2D eigenvalue weighted by Crippen LogP contribution is 2.41. The quantitative estimate of drug-likeness (QED) is 0.198. The van der Waals surface area contributed by atoms with E-state index in [4.69, 9.17) is 14.1 Å². The highest BCUT2D eigenvalue weighted by molar-refractivity contribution is 7.07. The molecule has 0 bridgehead atoms. The van der Waals surface area contributed by atoms with Crippen molar-refractivity contribution < 1.29 is 18.5 Å². The summed E-state index contributed by atoms with van der Waals surface area (Å²) in [4.78, 5) is 30.3. The molecule has 8 nitrogen and oxygen atoms in total. The number of hydrogen-bond donors (Lipinski definition) is 0. The Balaban J connectivity index is 1.37. The number of nitrogens with zero attached hydrogens (tertiary/aromatic N) is 3. The molecular formula is C32H22FN3O5S. The number of aromatic nitrogens is 1. The average Bonchev–Trinajstić information content (AvgIpc) is 3.60. The number of aryl methyl sites for hydroxylation is 1. The van der Waals surface area contributed by atoms with Gasteiger partial charge in [0, 0.05) is 23.8 Å². The maximum absolute atomic E-state index is 13.9. The number of allylic oxidation sites excluding steroid dienone is 1. The van der Waals surface area contributed by atoms with E-state index >= 15 is 0 Å². The summed E-state index contributed by atoms with van der Waals surface area (Å²) in [6.45, 7) is 0. The highest BCUT2D eigenvalue weighted by Gasteiger charge is 2.32. The Kier molecular flexibility index (Phi) is 6.20. The Morgan fingerprint density at radius 3 is 2.67 bits per heavy atom. The lowest BCUT2D eigenvalue weighted by molar-refractivity contribution is -0.384. The molecule has 1 atom stereocenters. The number of rotatable bonds is 5. The molecule has 0 radical (unpaired) electrons. The topological polar surface area (TPSA) is 99.9 Å². The summed E-state index contributed by atoms with van der Waals surface area (Å²) >= 11 is 1.25. The van der Waals surface area contributed by atoms with Gasteiger partial charge >= 0.3 is 0 Å². The van der Waals surface area contributed by atoms with E-state index in [0.717, 1.165) is 35.2 Å². The lowest BCUT2D eigenvalue weighted by Gasteiger charge is -2.30. The zero-order chi connectivity index (χ0) is 29.0. The molecule has 0 saturated carbocycles. The van der Waals surface area contributed by atoms with Crippen LogP contribution in [0, 0.1) is 15.9 Å². The van der Waals surface area contributed by atoms with Crippen LogP contribution in [0.15, 0.2) is 98.6 Å². The third-order valence-electron chi connectivity index (χ3n) is 7.62. The second-order valence-electron chi connectivity index (χ2n) is 10.0. The van der Waals surface area contributed by atoms with E-state index in [1.165, 1.54) is 54.3 Å². The monoisotopic (exact) mass is 579 g/mol. The maximum atomic E-state index is 13.9. The number of methoxy groups -OCH3 is 1. The van der Waals surface area contributed by atoms with Gasteiger partial charge in [0.05, 0.1) is 33.9 Å². The number of halogens is 1. The van der Waals surface area contributed by atoms with Gasteiger partial charge in [0.15, 0.2) is 4.80 Å². The molecule has 7 rings (SSSR count). The number of non-ortho nitro benzene ring substituents is 1. The van der Waals surface area contributed by atoms with E-state index < -0.39 is 11.0 Å². The minimum absolute atomic E-state index is 0.0941. The molecule has 0 fully saturated rings. The molecule has 2 aliphatic rings. The van der Waals surface area contributed by atoms with Crippen LogP contribution in [0.1, 0.15) is 34.9 Å². The number of hydrogen-bond acceptors (Lipinski definition) is 7. The molecule has 0 N–H and O–H groups in total. The fourth-order valence-corrected chi connectivity index (χ4v) is 6.65. The van der Waals surface area contributed by atoms with Crippen LogP contribution in [0.5, 0.6) is 5.75 Å². The fourth-order valence-electron chi connectivity index (χ4n) is 5.67. The van der Waals surface area contributed by atoms with E-state index in [1.54, 1.807) is 34.9 Å². The van der Waals surface area contributed by atoms with E-state index in [-0.39, 0.29) is 17.1 Å². The summed E-state index contributed by atoms with van der Waals surface area (Å²) in [6.07, 6.45) is 3.20. The average molecular weight is 580 g/mol.